The maximum Gasteiger partial charge on any atom is 0.345 e. The Kier molecular flexibility index (Phi) is 9.40. The second kappa shape index (κ2) is 12.9. The standard InChI is InChI=1S/C27H25N3O4S3/c28-18-21-10-14-35-24(21)6-4-19-2-1-3-20(16-19)17-22(31)8-11-29-13-15-36-27(34)30(29)12-9-23-5-7-25(37-23)26(32)33/h1-3,5,7,10,14,16,22,31H,8-9,11-13,15,17H2,(H,32,33). The van der Waals surface area contributed by atoms with Gasteiger partial charge in [0.25, 0.3) is 5.24 Å². The summed E-state index contributed by atoms with van der Waals surface area (Å²) in [6.45, 7) is 1.74. The van der Waals surface area contributed by atoms with E-state index >= 15 is 0 Å². The highest BCUT2D eigenvalue weighted by Gasteiger charge is 2.27. The number of aliphatic hydroxyl groups excluding tert-OH is 1. The number of hydrogen-bond acceptors (Lipinski definition) is 8. The van der Waals surface area contributed by atoms with Crippen LogP contribution in [0.25, 0.3) is 0 Å². The molecule has 1 aliphatic rings. The van der Waals surface area contributed by atoms with E-state index in [1.165, 1.54) is 34.4 Å². The van der Waals surface area contributed by atoms with E-state index in [1.54, 1.807) is 23.2 Å². The molecule has 0 spiro atoms. The molecule has 1 fully saturated rings. The minimum absolute atomic E-state index is 0.0210. The van der Waals surface area contributed by atoms with Crippen LogP contribution in [0.3, 0.4) is 0 Å². The first-order chi connectivity index (χ1) is 17.9. The van der Waals surface area contributed by atoms with Gasteiger partial charge in [0, 0.05) is 42.2 Å². The second-order valence-corrected chi connectivity index (χ2v) is 11.5. The summed E-state index contributed by atoms with van der Waals surface area (Å²) in [5.74, 6) is 5.92. The Balaban J connectivity index is 1.31. The molecule has 1 amide bonds. The number of nitrogens with zero attached hydrogens (tertiary/aromatic N) is 3. The van der Waals surface area contributed by atoms with Crippen LogP contribution in [-0.4, -0.2) is 62.9 Å². The molecule has 190 valence electrons. The SMILES string of the molecule is N#Cc1ccsc1C#Cc1cccc(CC(O)CCN2CCSC(=O)N2CCc2ccc(C(=O)O)s2)c1. The number of amides is 1. The maximum absolute atomic E-state index is 12.6. The van der Waals surface area contributed by atoms with Crippen LogP contribution in [0.5, 0.6) is 0 Å². The highest BCUT2D eigenvalue weighted by atomic mass is 32.2. The number of carbonyl (C=O) groups is 2. The van der Waals surface area contributed by atoms with Crippen molar-refractivity contribution in [2.75, 3.05) is 25.4 Å². The summed E-state index contributed by atoms with van der Waals surface area (Å²) in [7, 11) is 0. The van der Waals surface area contributed by atoms with Crippen LogP contribution < -0.4 is 0 Å². The van der Waals surface area contributed by atoms with E-state index in [4.69, 9.17) is 10.4 Å². The monoisotopic (exact) mass is 551 g/mol. The molecule has 2 N–H and O–H groups in total. The van der Waals surface area contributed by atoms with E-state index in [1.807, 2.05) is 34.7 Å². The molecule has 0 saturated carbocycles. The van der Waals surface area contributed by atoms with Gasteiger partial charge in [-0.25, -0.2) is 9.80 Å². The van der Waals surface area contributed by atoms with Crippen molar-refractivity contribution in [3.63, 3.8) is 0 Å². The van der Waals surface area contributed by atoms with E-state index in [0.717, 1.165) is 20.9 Å². The summed E-state index contributed by atoms with van der Waals surface area (Å²) in [5.41, 5.74) is 2.37. The number of benzene rings is 1. The summed E-state index contributed by atoms with van der Waals surface area (Å²) in [5, 5.41) is 34.5. The molecule has 1 aliphatic heterocycles. The molecule has 0 radical (unpaired) electrons. The number of carboxylic acid groups (broad SMARTS) is 1. The molecule has 3 heterocycles. The largest absolute Gasteiger partial charge is 0.477 e. The molecule has 0 aliphatic carbocycles. The summed E-state index contributed by atoms with van der Waals surface area (Å²) >= 11 is 3.95. The van der Waals surface area contributed by atoms with Crippen LogP contribution in [0, 0.1) is 23.2 Å². The number of rotatable bonds is 9. The number of aromatic carboxylic acids is 1. The van der Waals surface area contributed by atoms with Crippen molar-refractivity contribution in [3.05, 3.63) is 79.2 Å². The van der Waals surface area contributed by atoms with Crippen molar-refractivity contribution in [2.45, 2.75) is 25.4 Å². The molecule has 1 unspecified atom stereocenters. The van der Waals surface area contributed by atoms with Crippen LogP contribution in [0.2, 0.25) is 0 Å². The Morgan fingerprint density at radius 1 is 1.16 bits per heavy atom. The van der Waals surface area contributed by atoms with E-state index in [0.29, 0.717) is 55.1 Å². The maximum atomic E-state index is 12.6. The predicted molar refractivity (Wildman–Crippen MR) is 147 cm³/mol. The van der Waals surface area contributed by atoms with Crippen molar-refractivity contribution < 1.29 is 19.8 Å². The first-order valence-corrected chi connectivity index (χ1v) is 14.4. The molecule has 7 nitrogen and oxygen atoms in total. The number of carboxylic acids is 1. The Morgan fingerprint density at radius 3 is 2.81 bits per heavy atom. The normalized spacial score (nSPS) is 14.6. The lowest BCUT2D eigenvalue weighted by molar-refractivity contribution is 0.0148. The molecule has 4 rings (SSSR count). The summed E-state index contributed by atoms with van der Waals surface area (Å²) in [6, 6.07) is 15.0. The number of carbonyl (C=O) groups excluding carboxylic acids is 1. The van der Waals surface area contributed by atoms with Gasteiger partial charge in [-0.2, -0.15) is 5.26 Å². The third kappa shape index (κ3) is 7.45. The van der Waals surface area contributed by atoms with Crippen LogP contribution in [0.1, 0.15) is 42.5 Å². The average molecular weight is 552 g/mol. The minimum Gasteiger partial charge on any atom is -0.477 e. The van der Waals surface area contributed by atoms with Gasteiger partial charge in [0.15, 0.2) is 0 Å². The number of thiophene rings is 2. The molecule has 0 bridgehead atoms. The molecule has 10 heteroatoms. The van der Waals surface area contributed by atoms with Crippen molar-refractivity contribution in [1.29, 1.82) is 5.26 Å². The molecule has 1 saturated heterocycles. The lowest BCUT2D eigenvalue weighted by Gasteiger charge is -2.38. The van der Waals surface area contributed by atoms with Crippen molar-refractivity contribution in [2.24, 2.45) is 0 Å². The first-order valence-electron chi connectivity index (χ1n) is 11.7. The smallest absolute Gasteiger partial charge is 0.345 e. The Labute approximate surface area is 227 Å². The lowest BCUT2D eigenvalue weighted by atomic mass is 10.0. The topological polar surface area (TPSA) is 105 Å². The molecule has 1 aromatic carbocycles. The minimum atomic E-state index is -0.940. The summed E-state index contributed by atoms with van der Waals surface area (Å²) in [4.78, 5) is 25.6. The van der Waals surface area contributed by atoms with E-state index < -0.39 is 12.1 Å². The second-order valence-electron chi connectivity index (χ2n) is 8.38. The van der Waals surface area contributed by atoms with Gasteiger partial charge in [-0.15, -0.1) is 22.7 Å². The lowest BCUT2D eigenvalue weighted by Crippen LogP contribution is -2.51. The van der Waals surface area contributed by atoms with E-state index in [9.17, 15) is 14.7 Å². The van der Waals surface area contributed by atoms with Crippen LogP contribution >= 0.6 is 34.4 Å². The fraction of sp³-hybridized carbons (Fsp3) is 0.296. The van der Waals surface area contributed by atoms with Crippen molar-refractivity contribution >= 4 is 45.6 Å². The Bertz CT molecular complexity index is 1360. The van der Waals surface area contributed by atoms with Gasteiger partial charge in [-0.3, -0.25) is 9.80 Å². The fourth-order valence-electron chi connectivity index (χ4n) is 3.93. The van der Waals surface area contributed by atoms with Gasteiger partial charge >= 0.3 is 5.97 Å². The Morgan fingerprint density at radius 2 is 2.03 bits per heavy atom. The zero-order valence-corrected chi connectivity index (χ0v) is 22.4. The van der Waals surface area contributed by atoms with Gasteiger partial charge in [0.2, 0.25) is 0 Å². The highest BCUT2D eigenvalue weighted by molar-refractivity contribution is 8.13. The van der Waals surface area contributed by atoms with Crippen molar-refractivity contribution in [3.8, 4) is 17.9 Å². The van der Waals surface area contributed by atoms with Crippen LogP contribution in [-0.2, 0) is 12.8 Å². The van der Waals surface area contributed by atoms with E-state index in [2.05, 4.69) is 17.9 Å². The fourth-order valence-corrected chi connectivity index (χ4v) is 6.29. The molecule has 37 heavy (non-hydrogen) atoms. The van der Waals surface area contributed by atoms with Gasteiger partial charge in [-0.05, 0) is 60.0 Å². The number of nitriles is 1. The van der Waals surface area contributed by atoms with Gasteiger partial charge in [0.05, 0.1) is 16.5 Å². The van der Waals surface area contributed by atoms with Crippen LogP contribution in [0.15, 0.2) is 47.8 Å². The van der Waals surface area contributed by atoms with Gasteiger partial charge < -0.3 is 10.2 Å². The van der Waals surface area contributed by atoms with E-state index in [-0.39, 0.29) is 5.24 Å². The molecular formula is C27H25N3O4S3. The third-order valence-corrected chi connectivity index (χ3v) is 8.60. The quantitative estimate of drug-likeness (QED) is 0.372. The van der Waals surface area contributed by atoms with Crippen molar-refractivity contribution in [1.82, 2.24) is 10.0 Å². The third-order valence-electron chi connectivity index (χ3n) is 5.79. The number of thioether (sulfide) groups is 1. The average Bonchev–Trinajstić information content (AvgIpc) is 3.55. The zero-order valence-electron chi connectivity index (χ0n) is 19.9. The highest BCUT2D eigenvalue weighted by Crippen LogP contribution is 2.22. The van der Waals surface area contributed by atoms with Crippen LogP contribution in [0.4, 0.5) is 4.79 Å². The molecule has 1 atom stereocenters. The Hall–Kier alpha value is -3.12. The predicted octanol–water partition coefficient (Wildman–Crippen LogP) is 4.70. The summed E-state index contributed by atoms with van der Waals surface area (Å²) in [6.07, 6.45) is 0.987. The number of hydrogen-bond donors (Lipinski definition) is 2. The molecule has 2 aromatic heterocycles. The number of hydrazine groups is 1. The van der Waals surface area contributed by atoms with Gasteiger partial charge in [-0.1, -0.05) is 29.8 Å². The first kappa shape index (κ1) is 26.9. The molecule has 3 aromatic rings. The summed E-state index contributed by atoms with van der Waals surface area (Å²) < 4.78 is 0. The molecular weight excluding hydrogens is 527 g/mol. The zero-order chi connectivity index (χ0) is 26.2. The number of aliphatic hydroxyl groups is 1. The van der Waals surface area contributed by atoms with Gasteiger partial charge in [0.1, 0.15) is 10.9 Å².